The normalized spacial score (nSPS) is 12.1. The van der Waals surface area contributed by atoms with Crippen molar-refractivity contribution in [2.24, 2.45) is 10.9 Å². The van der Waals surface area contributed by atoms with Crippen LogP contribution in [0.4, 0.5) is 5.82 Å². The third kappa shape index (κ3) is 1.93. The second-order valence-corrected chi connectivity index (χ2v) is 3.34. The van der Waals surface area contributed by atoms with E-state index in [0.717, 1.165) is 5.56 Å². The van der Waals surface area contributed by atoms with E-state index < -0.39 is 0 Å². The Morgan fingerprint density at radius 2 is 2.21 bits per heavy atom. The number of rotatable bonds is 2. The molecule has 0 bridgehead atoms. The minimum Gasteiger partial charge on any atom is -0.409 e. The summed E-state index contributed by atoms with van der Waals surface area (Å²) in [7, 11) is 0. The summed E-state index contributed by atoms with van der Waals surface area (Å²) in [5, 5.41) is 11.4. The number of pyridine rings is 1. The summed E-state index contributed by atoms with van der Waals surface area (Å²) in [5.41, 5.74) is 12.5. The van der Waals surface area contributed by atoms with Crippen LogP contribution in [-0.2, 0) is 0 Å². The number of nitrogens with two attached hydrogens (primary N) is 2. The van der Waals surface area contributed by atoms with Gasteiger partial charge in [-0.2, -0.15) is 0 Å². The van der Waals surface area contributed by atoms with Gasteiger partial charge in [0.05, 0.1) is 5.56 Å². The Kier molecular flexibility index (Phi) is 2.91. The number of anilines is 1. The zero-order valence-electron chi connectivity index (χ0n) is 8.23. The molecule has 0 unspecified atom stereocenters. The van der Waals surface area contributed by atoms with Crippen molar-refractivity contribution in [3.05, 3.63) is 23.4 Å². The Hall–Kier alpha value is -1.78. The van der Waals surface area contributed by atoms with Crippen LogP contribution in [0.5, 0.6) is 0 Å². The average molecular weight is 194 g/mol. The summed E-state index contributed by atoms with van der Waals surface area (Å²) >= 11 is 0. The van der Waals surface area contributed by atoms with Gasteiger partial charge >= 0.3 is 0 Å². The van der Waals surface area contributed by atoms with E-state index in [2.05, 4.69) is 10.1 Å². The molecule has 0 radical (unpaired) electrons. The van der Waals surface area contributed by atoms with Crippen LogP contribution in [0.1, 0.15) is 30.9 Å². The average Bonchev–Trinajstić information content (AvgIpc) is 2.17. The molecule has 1 aromatic heterocycles. The molecule has 76 valence electrons. The SMILES string of the molecule is CC(C)c1cnc(N)c(/C(N)=N/O)c1. The second-order valence-electron chi connectivity index (χ2n) is 3.34. The number of oxime groups is 1. The highest BCUT2D eigenvalue weighted by Gasteiger charge is 2.08. The van der Waals surface area contributed by atoms with Crippen molar-refractivity contribution in [2.75, 3.05) is 5.73 Å². The van der Waals surface area contributed by atoms with E-state index in [0.29, 0.717) is 11.5 Å². The predicted octanol–water partition coefficient (Wildman–Crippen LogP) is 0.882. The van der Waals surface area contributed by atoms with Gasteiger partial charge in [-0.05, 0) is 17.5 Å². The molecular weight excluding hydrogens is 180 g/mol. The highest BCUT2D eigenvalue weighted by atomic mass is 16.4. The highest BCUT2D eigenvalue weighted by molar-refractivity contribution is 6.00. The Balaban J connectivity index is 3.22. The summed E-state index contributed by atoms with van der Waals surface area (Å²) in [4.78, 5) is 3.98. The second kappa shape index (κ2) is 3.95. The van der Waals surface area contributed by atoms with Gasteiger partial charge in [-0.3, -0.25) is 0 Å². The first kappa shape index (κ1) is 10.3. The van der Waals surface area contributed by atoms with Crippen molar-refractivity contribution >= 4 is 11.7 Å². The van der Waals surface area contributed by atoms with Crippen molar-refractivity contribution in [2.45, 2.75) is 19.8 Å². The number of nitrogens with zero attached hydrogens (tertiary/aromatic N) is 2. The first-order valence-electron chi connectivity index (χ1n) is 4.29. The molecule has 0 spiro atoms. The summed E-state index contributed by atoms with van der Waals surface area (Å²) in [6, 6.07) is 1.78. The van der Waals surface area contributed by atoms with E-state index in [1.807, 2.05) is 13.8 Å². The topological polar surface area (TPSA) is 97.5 Å². The van der Waals surface area contributed by atoms with Crippen LogP contribution >= 0.6 is 0 Å². The fourth-order valence-corrected chi connectivity index (χ4v) is 1.07. The monoisotopic (exact) mass is 194 g/mol. The van der Waals surface area contributed by atoms with E-state index in [9.17, 15) is 0 Å². The number of hydrogen-bond donors (Lipinski definition) is 3. The van der Waals surface area contributed by atoms with E-state index in [1.54, 1.807) is 12.3 Å². The molecule has 1 heterocycles. The maximum Gasteiger partial charge on any atom is 0.173 e. The van der Waals surface area contributed by atoms with Crippen molar-refractivity contribution in [1.82, 2.24) is 4.98 Å². The van der Waals surface area contributed by atoms with Crippen molar-refractivity contribution in [1.29, 1.82) is 0 Å². The number of hydrogen-bond acceptors (Lipinski definition) is 4. The van der Waals surface area contributed by atoms with Gasteiger partial charge in [0, 0.05) is 6.20 Å². The summed E-state index contributed by atoms with van der Waals surface area (Å²) < 4.78 is 0. The van der Waals surface area contributed by atoms with Gasteiger partial charge in [-0.15, -0.1) is 0 Å². The van der Waals surface area contributed by atoms with Gasteiger partial charge in [0.2, 0.25) is 0 Å². The van der Waals surface area contributed by atoms with Gasteiger partial charge in [0.25, 0.3) is 0 Å². The molecule has 0 aliphatic rings. The molecule has 5 nitrogen and oxygen atoms in total. The van der Waals surface area contributed by atoms with Gasteiger partial charge in [0.15, 0.2) is 5.84 Å². The van der Waals surface area contributed by atoms with Crippen LogP contribution in [0.2, 0.25) is 0 Å². The largest absolute Gasteiger partial charge is 0.409 e. The maximum absolute atomic E-state index is 8.52. The van der Waals surface area contributed by atoms with Crippen LogP contribution < -0.4 is 11.5 Å². The van der Waals surface area contributed by atoms with Crippen LogP contribution in [-0.4, -0.2) is 16.0 Å². The molecule has 0 atom stereocenters. The molecule has 1 rings (SSSR count). The molecule has 0 fully saturated rings. The van der Waals surface area contributed by atoms with Gasteiger partial charge in [-0.1, -0.05) is 19.0 Å². The zero-order valence-corrected chi connectivity index (χ0v) is 8.23. The van der Waals surface area contributed by atoms with Crippen molar-refractivity contribution < 1.29 is 5.21 Å². The molecule has 1 aromatic rings. The number of nitrogen functional groups attached to an aromatic ring is 1. The fraction of sp³-hybridized carbons (Fsp3) is 0.333. The molecule has 0 aromatic carbocycles. The van der Waals surface area contributed by atoms with Crippen LogP contribution in [0.15, 0.2) is 17.4 Å². The lowest BCUT2D eigenvalue weighted by atomic mass is 10.0. The lowest BCUT2D eigenvalue weighted by molar-refractivity contribution is 0.318. The van der Waals surface area contributed by atoms with Gasteiger partial charge < -0.3 is 16.7 Å². The Morgan fingerprint density at radius 3 is 2.71 bits per heavy atom. The first-order chi connectivity index (χ1) is 6.56. The molecule has 0 amide bonds. The molecule has 0 aliphatic heterocycles. The smallest absolute Gasteiger partial charge is 0.173 e. The maximum atomic E-state index is 8.52. The highest BCUT2D eigenvalue weighted by Crippen LogP contribution is 2.17. The number of amidine groups is 1. The standard InChI is InChI=1S/C9H14N4O/c1-5(2)6-3-7(9(11)13-14)8(10)12-4-6/h3-5,14H,1-2H3,(H2,10,12)(H2,11,13). The third-order valence-electron chi connectivity index (χ3n) is 1.99. The molecule has 14 heavy (non-hydrogen) atoms. The zero-order chi connectivity index (χ0) is 10.7. The van der Waals surface area contributed by atoms with E-state index >= 15 is 0 Å². The van der Waals surface area contributed by atoms with Crippen molar-refractivity contribution in [3.63, 3.8) is 0 Å². The summed E-state index contributed by atoms with van der Waals surface area (Å²) in [6.45, 7) is 4.06. The Morgan fingerprint density at radius 1 is 1.57 bits per heavy atom. The Bertz CT molecular complexity index is 360. The number of aromatic nitrogens is 1. The molecule has 0 saturated carbocycles. The van der Waals surface area contributed by atoms with E-state index in [4.69, 9.17) is 16.7 Å². The first-order valence-corrected chi connectivity index (χ1v) is 4.29. The van der Waals surface area contributed by atoms with Crippen LogP contribution in [0.3, 0.4) is 0 Å². The third-order valence-corrected chi connectivity index (χ3v) is 1.99. The Labute approximate surface area is 82.4 Å². The van der Waals surface area contributed by atoms with E-state index in [-0.39, 0.29) is 11.7 Å². The molecule has 0 saturated heterocycles. The van der Waals surface area contributed by atoms with Crippen molar-refractivity contribution in [3.8, 4) is 0 Å². The molecule has 5 N–H and O–H groups in total. The lowest BCUT2D eigenvalue weighted by Gasteiger charge is -2.08. The molecular formula is C9H14N4O. The van der Waals surface area contributed by atoms with Crippen LogP contribution in [0.25, 0.3) is 0 Å². The van der Waals surface area contributed by atoms with Gasteiger partial charge in [-0.25, -0.2) is 4.98 Å². The van der Waals surface area contributed by atoms with Gasteiger partial charge in [0.1, 0.15) is 5.82 Å². The van der Waals surface area contributed by atoms with Crippen LogP contribution in [0, 0.1) is 0 Å². The predicted molar refractivity (Wildman–Crippen MR) is 55.2 cm³/mol. The summed E-state index contributed by atoms with van der Waals surface area (Å²) in [5.74, 6) is 0.579. The minimum absolute atomic E-state index is 0.0162. The fourth-order valence-electron chi connectivity index (χ4n) is 1.07. The summed E-state index contributed by atoms with van der Waals surface area (Å²) in [6.07, 6.45) is 1.69. The molecule has 5 heteroatoms. The minimum atomic E-state index is -0.0162. The molecule has 0 aliphatic carbocycles. The lowest BCUT2D eigenvalue weighted by Crippen LogP contribution is -2.16. The quantitative estimate of drug-likeness (QED) is 0.282. The van der Waals surface area contributed by atoms with E-state index in [1.165, 1.54) is 0 Å².